The van der Waals surface area contributed by atoms with E-state index in [0.29, 0.717) is 0 Å². The molecule has 1 saturated heterocycles. The van der Waals surface area contributed by atoms with Gasteiger partial charge < -0.3 is 10.2 Å². The van der Waals surface area contributed by atoms with Gasteiger partial charge in [-0.15, -0.1) is 0 Å². The zero-order valence-electron chi connectivity index (χ0n) is 13.0. The first-order valence-corrected chi connectivity index (χ1v) is 7.92. The van der Waals surface area contributed by atoms with E-state index in [1.807, 2.05) is 13.0 Å². The lowest BCUT2D eigenvalue weighted by molar-refractivity contribution is 0.545. The summed E-state index contributed by atoms with van der Waals surface area (Å²) < 4.78 is 14.0. The molecule has 3 heteroatoms. The fourth-order valence-electron chi connectivity index (χ4n) is 2.91. The number of piperidine rings is 1. The Hall–Kier alpha value is -1.09. The summed E-state index contributed by atoms with van der Waals surface area (Å²) in [7, 11) is 0. The summed E-state index contributed by atoms with van der Waals surface area (Å²) in [5, 5.41) is 3.48. The van der Waals surface area contributed by atoms with Crippen molar-refractivity contribution in [1.29, 1.82) is 0 Å². The molecule has 0 saturated carbocycles. The fraction of sp³-hybridized carbons (Fsp3) is 0.647. The lowest BCUT2D eigenvalue weighted by Crippen LogP contribution is -2.32. The third-order valence-electron chi connectivity index (χ3n) is 4.17. The van der Waals surface area contributed by atoms with Gasteiger partial charge in [-0.3, -0.25) is 0 Å². The third-order valence-corrected chi connectivity index (χ3v) is 4.17. The number of benzene rings is 1. The van der Waals surface area contributed by atoms with E-state index in [0.717, 1.165) is 37.2 Å². The Morgan fingerprint density at radius 1 is 1.25 bits per heavy atom. The molecule has 1 N–H and O–H groups in total. The number of rotatable bonds is 5. The summed E-state index contributed by atoms with van der Waals surface area (Å²) in [5.74, 6) is -0.0918. The monoisotopic (exact) mass is 278 g/mol. The lowest BCUT2D eigenvalue weighted by atomic mass is 10.00. The van der Waals surface area contributed by atoms with Gasteiger partial charge in [-0.1, -0.05) is 6.92 Å². The number of nitrogens with one attached hydrogen (secondary N) is 1. The Labute approximate surface area is 122 Å². The van der Waals surface area contributed by atoms with Crippen LogP contribution in [-0.4, -0.2) is 19.6 Å². The summed E-state index contributed by atoms with van der Waals surface area (Å²) >= 11 is 0. The average molecular weight is 278 g/mol. The highest BCUT2D eigenvalue weighted by Crippen LogP contribution is 2.31. The first-order chi connectivity index (χ1) is 9.63. The van der Waals surface area contributed by atoms with Crippen molar-refractivity contribution in [2.75, 3.05) is 24.5 Å². The largest absolute Gasteiger partial charge is 0.371 e. The van der Waals surface area contributed by atoms with Gasteiger partial charge in [0.2, 0.25) is 0 Å². The summed E-state index contributed by atoms with van der Waals surface area (Å²) in [6.45, 7) is 9.30. The van der Waals surface area contributed by atoms with Gasteiger partial charge in [0.05, 0.1) is 0 Å². The van der Waals surface area contributed by atoms with Crippen LogP contribution in [0.5, 0.6) is 0 Å². The van der Waals surface area contributed by atoms with Crippen molar-refractivity contribution >= 4 is 5.69 Å². The smallest absolute Gasteiger partial charge is 0.126 e. The molecule has 1 aromatic rings. The van der Waals surface area contributed by atoms with E-state index in [4.69, 9.17) is 0 Å². The standard InChI is InChI=1S/C17H27FN2/c1-4-8-19-14(3)15-12-16(18)13(2)11-17(15)20-9-6-5-7-10-20/h11-12,14,19H,4-10H2,1-3H3. The molecule has 0 spiro atoms. The van der Waals surface area contributed by atoms with Crippen LogP contribution in [0.4, 0.5) is 10.1 Å². The summed E-state index contributed by atoms with van der Waals surface area (Å²) in [6, 6.07) is 3.95. The Balaban J connectivity index is 2.29. The number of halogens is 1. The van der Waals surface area contributed by atoms with E-state index in [1.54, 1.807) is 6.07 Å². The lowest BCUT2D eigenvalue weighted by Gasteiger charge is -2.32. The molecule has 0 bridgehead atoms. The minimum absolute atomic E-state index is 0.0918. The Morgan fingerprint density at radius 3 is 2.60 bits per heavy atom. The molecule has 1 aliphatic heterocycles. The van der Waals surface area contributed by atoms with Gasteiger partial charge in [-0.2, -0.15) is 0 Å². The van der Waals surface area contributed by atoms with E-state index < -0.39 is 0 Å². The van der Waals surface area contributed by atoms with Crippen molar-refractivity contribution in [3.63, 3.8) is 0 Å². The van der Waals surface area contributed by atoms with Crippen LogP contribution < -0.4 is 10.2 Å². The molecule has 1 aliphatic rings. The van der Waals surface area contributed by atoms with Crippen LogP contribution in [0.25, 0.3) is 0 Å². The highest BCUT2D eigenvalue weighted by molar-refractivity contribution is 5.57. The Bertz CT molecular complexity index is 439. The predicted octanol–water partition coefficient (Wildman–Crippen LogP) is 4.19. The van der Waals surface area contributed by atoms with Crippen molar-refractivity contribution in [3.8, 4) is 0 Å². The molecule has 0 radical (unpaired) electrons. The molecule has 2 rings (SSSR count). The minimum atomic E-state index is -0.0918. The van der Waals surface area contributed by atoms with Gasteiger partial charge in [0, 0.05) is 24.8 Å². The van der Waals surface area contributed by atoms with Crippen LogP contribution in [0.2, 0.25) is 0 Å². The molecule has 1 unspecified atom stereocenters. The van der Waals surface area contributed by atoms with E-state index in [2.05, 4.69) is 24.1 Å². The second-order valence-electron chi connectivity index (χ2n) is 5.88. The zero-order chi connectivity index (χ0) is 14.5. The second-order valence-corrected chi connectivity index (χ2v) is 5.88. The number of hydrogen-bond acceptors (Lipinski definition) is 2. The van der Waals surface area contributed by atoms with E-state index in [9.17, 15) is 4.39 Å². The van der Waals surface area contributed by atoms with Crippen LogP contribution in [0, 0.1) is 12.7 Å². The summed E-state index contributed by atoms with van der Waals surface area (Å²) in [6.07, 6.45) is 4.90. The highest BCUT2D eigenvalue weighted by Gasteiger charge is 2.19. The van der Waals surface area contributed by atoms with Gasteiger partial charge in [0.1, 0.15) is 5.82 Å². The number of aryl methyl sites for hydroxylation is 1. The van der Waals surface area contributed by atoms with Crippen LogP contribution in [0.1, 0.15) is 56.7 Å². The van der Waals surface area contributed by atoms with Crippen LogP contribution in [0.3, 0.4) is 0 Å². The predicted molar refractivity (Wildman–Crippen MR) is 83.9 cm³/mol. The van der Waals surface area contributed by atoms with Crippen molar-refractivity contribution in [2.45, 2.75) is 52.5 Å². The molecule has 112 valence electrons. The average Bonchev–Trinajstić information content (AvgIpc) is 2.48. The van der Waals surface area contributed by atoms with Crippen LogP contribution in [-0.2, 0) is 0 Å². The molecule has 1 aromatic carbocycles. The molecular weight excluding hydrogens is 251 g/mol. The normalized spacial score (nSPS) is 17.3. The van der Waals surface area contributed by atoms with Gasteiger partial charge in [-0.25, -0.2) is 4.39 Å². The topological polar surface area (TPSA) is 15.3 Å². The molecule has 20 heavy (non-hydrogen) atoms. The number of nitrogens with zero attached hydrogens (tertiary/aromatic N) is 1. The van der Waals surface area contributed by atoms with E-state index in [-0.39, 0.29) is 11.9 Å². The SMILES string of the molecule is CCCNC(C)c1cc(F)c(C)cc1N1CCCCC1. The van der Waals surface area contributed by atoms with Gasteiger partial charge >= 0.3 is 0 Å². The molecule has 1 atom stereocenters. The van der Waals surface area contributed by atoms with Gasteiger partial charge in [0.25, 0.3) is 0 Å². The molecule has 1 heterocycles. The van der Waals surface area contributed by atoms with E-state index in [1.165, 1.54) is 24.9 Å². The molecule has 0 aromatic heterocycles. The van der Waals surface area contributed by atoms with Gasteiger partial charge in [-0.05, 0) is 69.3 Å². The van der Waals surface area contributed by atoms with Gasteiger partial charge in [0.15, 0.2) is 0 Å². The van der Waals surface area contributed by atoms with Crippen molar-refractivity contribution in [1.82, 2.24) is 5.32 Å². The van der Waals surface area contributed by atoms with E-state index >= 15 is 0 Å². The van der Waals surface area contributed by atoms with Crippen molar-refractivity contribution in [2.24, 2.45) is 0 Å². The Morgan fingerprint density at radius 2 is 1.95 bits per heavy atom. The molecule has 1 fully saturated rings. The van der Waals surface area contributed by atoms with Crippen LogP contribution >= 0.6 is 0 Å². The molecule has 0 amide bonds. The van der Waals surface area contributed by atoms with Crippen molar-refractivity contribution in [3.05, 3.63) is 29.1 Å². The Kier molecular flexibility index (Phi) is 5.41. The molecule has 0 aliphatic carbocycles. The maximum atomic E-state index is 14.0. The first kappa shape index (κ1) is 15.3. The number of anilines is 1. The summed E-state index contributed by atoms with van der Waals surface area (Å²) in [5.41, 5.74) is 3.07. The molecular formula is C17H27FN2. The quantitative estimate of drug-likeness (QED) is 0.869. The highest BCUT2D eigenvalue weighted by atomic mass is 19.1. The maximum Gasteiger partial charge on any atom is 0.126 e. The van der Waals surface area contributed by atoms with Crippen molar-refractivity contribution < 1.29 is 4.39 Å². The van der Waals surface area contributed by atoms with Crippen LogP contribution in [0.15, 0.2) is 12.1 Å². The fourth-order valence-corrected chi connectivity index (χ4v) is 2.91. The maximum absolute atomic E-state index is 14.0. The minimum Gasteiger partial charge on any atom is -0.371 e. The second kappa shape index (κ2) is 7.07. The number of hydrogen-bond donors (Lipinski definition) is 1. The zero-order valence-corrected chi connectivity index (χ0v) is 13.0. The first-order valence-electron chi connectivity index (χ1n) is 7.92. The molecule has 2 nitrogen and oxygen atoms in total. The third kappa shape index (κ3) is 3.51. The summed E-state index contributed by atoms with van der Waals surface area (Å²) in [4.78, 5) is 2.43.